The molecular weight excluding hydrogens is 106 g/mol. The number of nitrogens with one attached hydrogen (secondary N) is 1. The Morgan fingerprint density at radius 3 is 2.57 bits per heavy atom. The van der Waals surface area contributed by atoms with E-state index in [1.165, 1.54) is 0 Å². The van der Waals surface area contributed by atoms with Crippen LogP contribution in [0.1, 0.15) is 13.8 Å². The van der Waals surface area contributed by atoms with Crippen molar-refractivity contribution in [3.63, 3.8) is 0 Å². The summed E-state index contributed by atoms with van der Waals surface area (Å²) in [6, 6.07) is 0. The Kier molecular flexibility index (Phi) is 1.30. The van der Waals surface area contributed by atoms with Gasteiger partial charge in [-0.15, -0.1) is 11.8 Å². The van der Waals surface area contributed by atoms with Gasteiger partial charge in [-0.3, -0.25) is 0 Å². The summed E-state index contributed by atoms with van der Waals surface area (Å²) in [4.78, 5) is 0. The molecule has 0 aliphatic carbocycles. The second-order valence-corrected chi connectivity index (χ2v) is 3.87. The van der Waals surface area contributed by atoms with E-state index in [0.29, 0.717) is 4.75 Å². The molecule has 1 radical (unpaired) electrons. The molecule has 2 heteroatoms. The molecular formula is C5H10NS. The molecule has 0 aromatic carbocycles. The average molecular weight is 116 g/mol. The minimum Gasteiger partial charge on any atom is -0.302 e. The molecule has 41 valence electrons. The van der Waals surface area contributed by atoms with Crippen molar-refractivity contribution in [2.24, 2.45) is 0 Å². The summed E-state index contributed by atoms with van der Waals surface area (Å²) in [5, 5.41) is 3.15. The third kappa shape index (κ3) is 1.35. The standard InChI is InChI=1S/C5H10NS/c1-5(2)3-6-4-7-5/h3,6H,4H2,1-2H3. The van der Waals surface area contributed by atoms with Crippen molar-refractivity contribution >= 4 is 11.8 Å². The molecule has 7 heavy (non-hydrogen) atoms. The average Bonchev–Trinajstić information content (AvgIpc) is 1.84. The first-order chi connectivity index (χ1) is 3.21. The molecule has 0 bridgehead atoms. The number of thioether (sulfide) groups is 1. The summed E-state index contributed by atoms with van der Waals surface area (Å²) in [7, 11) is 0. The van der Waals surface area contributed by atoms with E-state index in [2.05, 4.69) is 25.7 Å². The molecule has 0 aromatic rings. The molecule has 1 nitrogen and oxygen atoms in total. The first-order valence-electron chi connectivity index (χ1n) is 2.42. The van der Waals surface area contributed by atoms with E-state index < -0.39 is 0 Å². The zero-order valence-corrected chi connectivity index (χ0v) is 5.51. The SMILES string of the molecule is CC1(C)[CH]NCS1. The zero-order valence-electron chi connectivity index (χ0n) is 4.69. The molecule has 1 N–H and O–H groups in total. The van der Waals surface area contributed by atoms with Crippen LogP contribution in [0.5, 0.6) is 0 Å². The highest BCUT2D eigenvalue weighted by Gasteiger charge is 2.22. The molecule has 1 saturated heterocycles. The van der Waals surface area contributed by atoms with Gasteiger partial charge in [-0.25, -0.2) is 0 Å². The fourth-order valence-corrected chi connectivity index (χ4v) is 1.26. The van der Waals surface area contributed by atoms with E-state index in [9.17, 15) is 0 Å². The monoisotopic (exact) mass is 116 g/mol. The lowest BCUT2D eigenvalue weighted by Gasteiger charge is -2.11. The molecule has 0 aromatic heterocycles. The molecule has 1 heterocycles. The Morgan fingerprint density at radius 1 is 1.71 bits per heavy atom. The lowest BCUT2D eigenvalue weighted by molar-refractivity contribution is 0.775. The highest BCUT2D eigenvalue weighted by Crippen LogP contribution is 2.29. The molecule has 0 atom stereocenters. The van der Waals surface area contributed by atoms with Crippen molar-refractivity contribution in [2.75, 3.05) is 5.88 Å². The second-order valence-electron chi connectivity index (χ2n) is 2.24. The molecule has 0 unspecified atom stereocenters. The maximum Gasteiger partial charge on any atom is 0.0427 e. The van der Waals surface area contributed by atoms with Crippen molar-refractivity contribution in [3.8, 4) is 0 Å². The summed E-state index contributed by atoms with van der Waals surface area (Å²) in [6.45, 7) is 6.55. The van der Waals surface area contributed by atoms with E-state index in [1.807, 2.05) is 11.8 Å². The molecule has 0 amide bonds. The van der Waals surface area contributed by atoms with Gasteiger partial charge in [-0.1, -0.05) is 0 Å². The summed E-state index contributed by atoms with van der Waals surface area (Å²) in [5.41, 5.74) is 0. The Labute approximate surface area is 48.9 Å². The number of rotatable bonds is 0. The van der Waals surface area contributed by atoms with Crippen molar-refractivity contribution in [3.05, 3.63) is 6.54 Å². The van der Waals surface area contributed by atoms with Gasteiger partial charge in [-0.05, 0) is 13.8 Å². The van der Waals surface area contributed by atoms with Gasteiger partial charge in [0.15, 0.2) is 0 Å². The summed E-state index contributed by atoms with van der Waals surface area (Å²) in [5.74, 6) is 1.08. The van der Waals surface area contributed by atoms with Crippen LogP contribution in [-0.4, -0.2) is 10.6 Å². The zero-order chi connectivity index (χ0) is 5.33. The van der Waals surface area contributed by atoms with Gasteiger partial charge in [0.1, 0.15) is 0 Å². The first-order valence-corrected chi connectivity index (χ1v) is 3.41. The Morgan fingerprint density at radius 2 is 2.43 bits per heavy atom. The van der Waals surface area contributed by atoms with Gasteiger partial charge in [0.05, 0.1) is 0 Å². The second kappa shape index (κ2) is 1.67. The van der Waals surface area contributed by atoms with Gasteiger partial charge in [0, 0.05) is 17.2 Å². The smallest absolute Gasteiger partial charge is 0.0427 e. The maximum absolute atomic E-state index is 3.15. The maximum atomic E-state index is 3.15. The van der Waals surface area contributed by atoms with E-state index >= 15 is 0 Å². The van der Waals surface area contributed by atoms with Gasteiger partial charge in [0.2, 0.25) is 0 Å². The van der Waals surface area contributed by atoms with Crippen molar-refractivity contribution in [1.82, 2.24) is 5.32 Å². The van der Waals surface area contributed by atoms with Gasteiger partial charge in [0.25, 0.3) is 0 Å². The normalized spacial score (nSPS) is 28.3. The van der Waals surface area contributed by atoms with Crippen LogP contribution in [0.4, 0.5) is 0 Å². The van der Waals surface area contributed by atoms with Crippen LogP contribution in [0.15, 0.2) is 0 Å². The third-order valence-corrected chi connectivity index (χ3v) is 2.15. The predicted octanol–water partition coefficient (Wildman–Crippen LogP) is 1.22. The van der Waals surface area contributed by atoms with E-state index in [0.717, 1.165) is 5.88 Å². The van der Waals surface area contributed by atoms with Crippen LogP contribution in [0.3, 0.4) is 0 Å². The highest BCUT2D eigenvalue weighted by atomic mass is 32.2. The molecule has 0 saturated carbocycles. The minimum atomic E-state index is 0.375. The largest absolute Gasteiger partial charge is 0.302 e. The summed E-state index contributed by atoms with van der Waals surface area (Å²) in [6.07, 6.45) is 0. The molecule has 1 aliphatic heterocycles. The third-order valence-electron chi connectivity index (χ3n) is 0.977. The topological polar surface area (TPSA) is 12.0 Å². The van der Waals surface area contributed by atoms with Crippen LogP contribution in [0, 0.1) is 6.54 Å². The van der Waals surface area contributed by atoms with Crippen LogP contribution in [0.2, 0.25) is 0 Å². The predicted molar refractivity (Wildman–Crippen MR) is 34.0 cm³/mol. The Bertz CT molecular complexity index is 62.5. The first kappa shape index (κ1) is 5.45. The molecule has 1 fully saturated rings. The quantitative estimate of drug-likeness (QED) is 0.510. The van der Waals surface area contributed by atoms with Gasteiger partial charge in [-0.2, -0.15) is 0 Å². The van der Waals surface area contributed by atoms with Crippen molar-refractivity contribution in [2.45, 2.75) is 18.6 Å². The van der Waals surface area contributed by atoms with E-state index in [4.69, 9.17) is 0 Å². The summed E-state index contributed by atoms with van der Waals surface area (Å²) >= 11 is 1.93. The molecule has 1 rings (SSSR count). The number of hydrogen-bond acceptors (Lipinski definition) is 2. The lowest BCUT2D eigenvalue weighted by atomic mass is 10.2. The van der Waals surface area contributed by atoms with Gasteiger partial charge >= 0.3 is 0 Å². The van der Waals surface area contributed by atoms with E-state index in [-0.39, 0.29) is 0 Å². The fourth-order valence-electron chi connectivity index (χ4n) is 0.557. The number of hydrogen-bond donors (Lipinski definition) is 1. The van der Waals surface area contributed by atoms with Crippen LogP contribution >= 0.6 is 11.8 Å². The fraction of sp³-hybridized carbons (Fsp3) is 0.800. The van der Waals surface area contributed by atoms with E-state index in [1.54, 1.807) is 0 Å². The Hall–Kier alpha value is 0.310. The molecule has 0 spiro atoms. The van der Waals surface area contributed by atoms with Crippen LogP contribution < -0.4 is 5.32 Å². The molecule has 1 aliphatic rings. The van der Waals surface area contributed by atoms with Crippen LogP contribution in [-0.2, 0) is 0 Å². The Balaban J connectivity index is 2.40. The lowest BCUT2D eigenvalue weighted by Crippen LogP contribution is -2.13. The summed E-state index contributed by atoms with van der Waals surface area (Å²) < 4.78 is 0.375. The van der Waals surface area contributed by atoms with Crippen molar-refractivity contribution < 1.29 is 0 Å². The van der Waals surface area contributed by atoms with Crippen LogP contribution in [0.25, 0.3) is 0 Å². The minimum absolute atomic E-state index is 0.375. The highest BCUT2D eigenvalue weighted by molar-refractivity contribution is 8.00. The van der Waals surface area contributed by atoms with Gasteiger partial charge < -0.3 is 5.32 Å². The van der Waals surface area contributed by atoms with Crippen molar-refractivity contribution in [1.29, 1.82) is 0 Å².